The molecule has 0 aromatic carbocycles. The number of amides is 1. The molecule has 1 fully saturated rings. The maximum absolute atomic E-state index is 12.1. The number of hydrogen-bond donors (Lipinski definition) is 0. The average Bonchev–Trinajstić information content (AvgIpc) is 2.33. The summed E-state index contributed by atoms with van der Waals surface area (Å²) in [6, 6.07) is 0.264. The lowest BCUT2D eigenvalue weighted by Crippen LogP contribution is -2.47. The van der Waals surface area contributed by atoms with E-state index in [1.807, 2.05) is 27.8 Å². The fourth-order valence-corrected chi connectivity index (χ4v) is 2.44. The van der Waals surface area contributed by atoms with Crippen molar-refractivity contribution < 1.29 is 14.3 Å². The van der Waals surface area contributed by atoms with Crippen molar-refractivity contribution in [3.05, 3.63) is 0 Å². The smallest absolute Gasteiger partial charge is 0.306 e. The molecule has 0 spiro atoms. The maximum atomic E-state index is 12.1. The normalized spacial score (nSPS) is 20.6. The van der Waals surface area contributed by atoms with Gasteiger partial charge in [0.15, 0.2) is 0 Å². The molecular weight excluding hydrogens is 256 g/mol. The third-order valence-corrected chi connectivity index (χ3v) is 3.50. The van der Waals surface area contributed by atoms with Crippen LogP contribution in [0, 0.1) is 0 Å². The first-order chi connectivity index (χ1) is 9.19. The summed E-state index contributed by atoms with van der Waals surface area (Å²) in [5.74, 6) is -0.281. The molecule has 5 nitrogen and oxygen atoms in total. The lowest BCUT2D eigenvalue weighted by molar-refractivity contribution is -0.156. The molecule has 20 heavy (non-hydrogen) atoms. The molecule has 1 saturated heterocycles. The first-order valence-electron chi connectivity index (χ1n) is 7.35. The fourth-order valence-electron chi connectivity index (χ4n) is 2.44. The molecule has 1 aliphatic heterocycles. The van der Waals surface area contributed by atoms with Crippen LogP contribution in [-0.2, 0) is 14.3 Å². The Kier molecular flexibility index (Phi) is 5.99. The van der Waals surface area contributed by atoms with E-state index in [1.165, 1.54) is 0 Å². The summed E-state index contributed by atoms with van der Waals surface area (Å²) < 4.78 is 5.21. The van der Waals surface area contributed by atoms with Crippen LogP contribution in [0.25, 0.3) is 0 Å². The van der Waals surface area contributed by atoms with Gasteiger partial charge in [0.05, 0.1) is 6.42 Å². The zero-order chi connectivity index (χ0) is 15.3. The van der Waals surface area contributed by atoms with E-state index in [9.17, 15) is 9.59 Å². The Bertz CT molecular complexity index is 350. The van der Waals surface area contributed by atoms with Crippen LogP contribution in [0.1, 0.15) is 46.5 Å². The fraction of sp³-hybridized carbons (Fsp3) is 0.867. The van der Waals surface area contributed by atoms with Crippen LogP contribution < -0.4 is 0 Å². The number of ether oxygens (including phenoxy) is 1. The van der Waals surface area contributed by atoms with Gasteiger partial charge in [-0.25, -0.2) is 0 Å². The van der Waals surface area contributed by atoms with Crippen molar-refractivity contribution in [1.82, 2.24) is 9.80 Å². The number of esters is 1. The third-order valence-electron chi connectivity index (χ3n) is 3.50. The van der Waals surface area contributed by atoms with Crippen LogP contribution >= 0.6 is 0 Å². The summed E-state index contributed by atoms with van der Waals surface area (Å²) in [5, 5.41) is 0. The predicted octanol–water partition coefficient (Wildman–Crippen LogP) is 1.66. The number of nitrogens with zero attached hydrogens (tertiary/aromatic N) is 2. The second-order valence-electron chi connectivity index (χ2n) is 6.65. The van der Waals surface area contributed by atoms with Gasteiger partial charge in [0.25, 0.3) is 0 Å². The Morgan fingerprint density at radius 3 is 2.50 bits per heavy atom. The van der Waals surface area contributed by atoms with Gasteiger partial charge in [-0.15, -0.1) is 0 Å². The monoisotopic (exact) mass is 284 g/mol. The van der Waals surface area contributed by atoms with Crippen LogP contribution in [0.5, 0.6) is 0 Å². The van der Waals surface area contributed by atoms with Crippen molar-refractivity contribution in [2.75, 3.05) is 27.2 Å². The summed E-state index contributed by atoms with van der Waals surface area (Å²) in [5.41, 5.74) is -0.488. The van der Waals surface area contributed by atoms with E-state index in [2.05, 4.69) is 11.9 Å². The molecular formula is C15H28N2O3. The van der Waals surface area contributed by atoms with Gasteiger partial charge in [-0.3, -0.25) is 9.59 Å². The molecule has 0 aromatic rings. The minimum absolute atomic E-state index is 0.0242. The number of hydrogen-bond acceptors (Lipinski definition) is 4. The van der Waals surface area contributed by atoms with Crippen molar-refractivity contribution in [2.45, 2.75) is 58.1 Å². The molecule has 0 radical (unpaired) electrons. The Morgan fingerprint density at radius 1 is 1.30 bits per heavy atom. The molecule has 0 saturated carbocycles. The number of likely N-dealkylation sites (tertiary alicyclic amines) is 1. The molecule has 1 aliphatic rings. The van der Waals surface area contributed by atoms with Crippen LogP contribution in [0.3, 0.4) is 0 Å². The van der Waals surface area contributed by atoms with Crippen molar-refractivity contribution in [1.29, 1.82) is 0 Å². The van der Waals surface area contributed by atoms with Crippen LogP contribution in [0.15, 0.2) is 0 Å². The first-order valence-corrected chi connectivity index (χ1v) is 7.35. The molecule has 1 atom stereocenters. The molecule has 1 amide bonds. The van der Waals surface area contributed by atoms with E-state index in [1.54, 1.807) is 4.90 Å². The SMILES string of the molecule is CN1CCCC(N(C)C(=O)CCC(=O)OC(C)(C)C)C1. The summed E-state index contributed by atoms with van der Waals surface area (Å²) in [6.45, 7) is 7.50. The zero-order valence-electron chi connectivity index (χ0n) is 13.4. The van der Waals surface area contributed by atoms with Crippen LogP contribution in [0.4, 0.5) is 0 Å². The summed E-state index contributed by atoms with van der Waals surface area (Å²) in [6.07, 6.45) is 2.54. The molecule has 1 unspecified atom stereocenters. The van der Waals surface area contributed by atoms with Crippen LogP contribution in [-0.4, -0.2) is 60.5 Å². The average molecular weight is 284 g/mol. The minimum Gasteiger partial charge on any atom is -0.460 e. The molecule has 116 valence electrons. The zero-order valence-corrected chi connectivity index (χ0v) is 13.4. The number of piperidine rings is 1. The second kappa shape index (κ2) is 7.07. The van der Waals surface area contributed by atoms with Gasteiger partial charge in [-0.1, -0.05) is 0 Å². The molecule has 5 heteroatoms. The molecule has 1 rings (SSSR count). The Hall–Kier alpha value is -1.10. The van der Waals surface area contributed by atoms with E-state index < -0.39 is 5.60 Å². The van der Waals surface area contributed by atoms with Crippen LogP contribution in [0.2, 0.25) is 0 Å². The molecule has 0 aromatic heterocycles. The van der Waals surface area contributed by atoms with E-state index in [-0.39, 0.29) is 30.8 Å². The van der Waals surface area contributed by atoms with Gasteiger partial charge in [0, 0.05) is 26.1 Å². The van der Waals surface area contributed by atoms with E-state index in [4.69, 9.17) is 4.74 Å². The van der Waals surface area contributed by atoms with Crippen molar-refractivity contribution in [3.63, 3.8) is 0 Å². The first kappa shape index (κ1) is 17.0. The lowest BCUT2D eigenvalue weighted by Gasteiger charge is -2.35. The highest BCUT2D eigenvalue weighted by molar-refractivity contribution is 5.81. The number of likely N-dealkylation sites (N-methyl/N-ethyl adjacent to an activating group) is 2. The van der Waals surface area contributed by atoms with E-state index >= 15 is 0 Å². The molecule has 0 N–H and O–H groups in total. The highest BCUT2D eigenvalue weighted by Gasteiger charge is 2.25. The van der Waals surface area contributed by atoms with E-state index in [0.29, 0.717) is 0 Å². The van der Waals surface area contributed by atoms with Gasteiger partial charge in [-0.05, 0) is 47.2 Å². The predicted molar refractivity (Wildman–Crippen MR) is 78.4 cm³/mol. The Balaban J connectivity index is 2.36. The van der Waals surface area contributed by atoms with Crippen molar-refractivity contribution in [2.24, 2.45) is 0 Å². The largest absolute Gasteiger partial charge is 0.460 e. The third kappa shape index (κ3) is 5.90. The summed E-state index contributed by atoms with van der Waals surface area (Å²) in [4.78, 5) is 27.8. The molecule has 0 bridgehead atoms. The number of rotatable bonds is 4. The maximum Gasteiger partial charge on any atom is 0.306 e. The highest BCUT2D eigenvalue weighted by atomic mass is 16.6. The van der Waals surface area contributed by atoms with Gasteiger partial charge in [0.2, 0.25) is 5.91 Å². The molecule has 1 heterocycles. The van der Waals surface area contributed by atoms with Gasteiger partial charge >= 0.3 is 5.97 Å². The van der Waals surface area contributed by atoms with E-state index in [0.717, 1.165) is 25.9 Å². The van der Waals surface area contributed by atoms with Gasteiger partial charge < -0.3 is 14.5 Å². The Morgan fingerprint density at radius 2 is 1.95 bits per heavy atom. The molecule has 0 aliphatic carbocycles. The van der Waals surface area contributed by atoms with Crippen molar-refractivity contribution >= 4 is 11.9 Å². The van der Waals surface area contributed by atoms with Crippen molar-refractivity contribution in [3.8, 4) is 0 Å². The summed E-state index contributed by atoms with van der Waals surface area (Å²) >= 11 is 0. The standard InChI is InChI=1S/C15H28N2O3/c1-15(2,3)20-14(19)9-8-13(18)17(5)12-7-6-10-16(4)11-12/h12H,6-11H2,1-5H3. The summed E-state index contributed by atoms with van der Waals surface area (Å²) in [7, 11) is 3.91. The lowest BCUT2D eigenvalue weighted by atomic mass is 10.0. The van der Waals surface area contributed by atoms with Gasteiger partial charge in [0.1, 0.15) is 5.60 Å². The quantitative estimate of drug-likeness (QED) is 0.737. The number of carbonyl (C=O) groups is 2. The second-order valence-corrected chi connectivity index (χ2v) is 6.65. The van der Waals surface area contributed by atoms with Gasteiger partial charge in [-0.2, -0.15) is 0 Å². The minimum atomic E-state index is -0.488. The Labute approximate surface area is 122 Å². The highest BCUT2D eigenvalue weighted by Crippen LogP contribution is 2.15. The topological polar surface area (TPSA) is 49.9 Å². The number of carbonyl (C=O) groups excluding carboxylic acids is 2.